The molecule has 1 aliphatic carbocycles. The van der Waals surface area contributed by atoms with Crippen LogP contribution >= 0.6 is 0 Å². The van der Waals surface area contributed by atoms with Gasteiger partial charge in [-0.05, 0) is 92.4 Å². The van der Waals surface area contributed by atoms with E-state index >= 15 is 0 Å². The Bertz CT molecular complexity index is 1620. The molecule has 2 rings (SSSR count). The fraction of sp³-hybridized carbons (Fsp3) is 0.487. The number of nitrogens with one attached hydrogen (secondary N) is 3. The van der Waals surface area contributed by atoms with Gasteiger partial charge in [0.15, 0.2) is 5.75 Å². The van der Waals surface area contributed by atoms with Crippen molar-refractivity contribution in [3.63, 3.8) is 0 Å². The Labute approximate surface area is 308 Å². The van der Waals surface area contributed by atoms with Crippen LogP contribution in [0.15, 0.2) is 75.7 Å². The second kappa shape index (κ2) is 19.4. The van der Waals surface area contributed by atoms with Gasteiger partial charge in [-0.25, -0.2) is 9.59 Å². The Balaban J connectivity index is 2.72. The summed E-state index contributed by atoms with van der Waals surface area (Å²) < 4.78 is 17.0. The number of para-hydroxylation sites is 1. The normalized spacial score (nSPS) is 14.9. The van der Waals surface area contributed by atoms with Gasteiger partial charge >= 0.3 is 12.2 Å². The van der Waals surface area contributed by atoms with Crippen LogP contribution in [0.25, 0.3) is 0 Å². The van der Waals surface area contributed by atoms with Crippen LogP contribution in [-0.2, 0) is 19.1 Å². The highest BCUT2D eigenvalue weighted by Crippen LogP contribution is 2.32. The minimum atomic E-state index is -0.917. The number of hydrogen-bond donors (Lipinski definition) is 3. The van der Waals surface area contributed by atoms with E-state index in [1.165, 1.54) is 13.3 Å². The van der Waals surface area contributed by atoms with E-state index in [2.05, 4.69) is 25.9 Å². The van der Waals surface area contributed by atoms with Crippen molar-refractivity contribution in [1.82, 2.24) is 15.5 Å². The molecule has 0 spiro atoms. The number of hydrogen-bond acceptors (Lipinski definition) is 10. The van der Waals surface area contributed by atoms with Crippen LogP contribution in [0, 0.1) is 5.92 Å². The molecule has 13 heteroatoms. The van der Waals surface area contributed by atoms with Gasteiger partial charge in [0.05, 0.1) is 36.0 Å². The highest BCUT2D eigenvalue weighted by atomic mass is 16.6. The molecule has 0 saturated heterocycles. The fourth-order valence-corrected chi connectivity index (χ4v) is 4.54. The smallest absolute Gasteiger partial charge is 0.424 e. The van der Waals surface area contributed by atoms with Crippen LogP contribution in [0.4, 0.5) is 15.3 Å². The van der Waals surface area contributed by atoms with Gasteiger partial charge in [-0.2, -0.15) is 4.90 Å². The number of anilines is 1. The topological polar surface area (TPSA) is 160 Å². The highest BCUT2D eigenvalue weighted by molar-refractivity contribution is 6.09. The number of methoxy groups -OCH3 is 1. The Kier molecular flexibility index (Phi) is 16.0. The van der Waals surface area contributed by atoms with Crippen molar-refractivity contribution in [2.24, 2.45) is 15.9 Å². The third kappa shape index (κ3) is 13.5. The van der Waals surface area contributed by atoms with Crippen LogP contribution in [-0.4, -0.2) is 72.9 Å². The number of ether oxygens (including phenoxy) is 3. The van der Waals surface area contributed by atoms with Crippen molar-refractivity contribution in [1.29, 1.82) is 0 Å². The molecular weight excluding hydrogens is 664 g/mol. The molecule has 0 bridgehead atoms. The first-order chi connectivity index (χ1) is 24.4. The van der Waals surface area contributed by atoms with Gasteiger partial charge in [-0.3, -0.25) is 19.6 Å². The maximum absolute atomic E-state index is 13.4. The summed E-state index contributed by atoms with van der Waals surface area (Å²) in [6, 6.07) is 5.37. The molecule has 3 N–H and O–H groups in total. The van der Waals surface area contributed by atoms with Gasteiger partial charge in [0, 0.05) is 37.4 Å². The predicted octanol–water partition coefficient (Wildman–Crippen LogP) is 7.42. The summed E-state index contributed by atoms with van der Waals surface area (Å²) in [7, 11) is 4.61. The first-order valence-corrected chi connectivity index (χ1v) is 17.4. The Morgan fingerprint density at radius 1 is 0.981 bits per heavy atom. The van der Waals surface area contributed by atoms with Crippen LogP contribution in [0.5, 0.6) is 5.75 Å². The number of likely N-dealkylation sites (N-methyl/N-ethyl adjacent to an activating group) is 1. The van der Waals surface area contributed by atoms with E-state index in [4.69, 9.17) is 14.2 Å². The lowest BCUT2D eigenvalue weighted by atomic mass is 10.1. The molecular formula is C39H56N6O7. The van der Waals surface area contributed by atoms with Gasteiger partial charge in [0.25, 0.3) is 5.91 Å². The van der Waals surface area contributed by atoms with Crippen molar-refractivity contribution in [2.45, 2.75) is 99.2 Å². The third-order valence-corrected chi connectivity index (χ3v) is 7.09. The van der Waals surface area contributed by atoms with Crippen LogP contribution < -0.4 is 20.7 Å². The number of benzene rings is 1. The van der Waals surface area contributed by atoms with Gasteiger partial charge in [0.1, 0.15) is 17.0 Å². The summed E-state index contributed by atoms with van der Waals surface area (Å²) in [5, 5.41) is 8.85. The Hall–Kier alpha value is -5.20. The number of nitrogens with zero attached hydrogens (tertiary/aromatic N) is 3. The molecule has 0 radical (unpaired) electrons. The SMILES string of the molecule is CC/C=C(C(=O)NC)/C(=C\C(=NC)NC(=O)C1CC1)Nc1cccc(C(C)=N/C=C(\C=C\CC)N(C(=O)OC(C)(C)C)C(=O)OC(C)(C)C)c1OC. The number of amidine groups is 1. The van der Waals surface area contributed by atoms with Gasteiger partial charge in [-0.15, -0.1) is 0 Å². The molecule has 1 aromatic rings. The van der Waals surface area contributed by atoms with E-state index in [0.29, 0.717) is 46.8 Å². The standard InChI is InChI=1S/C39H56N6O7/c1-13-15-18-27(45(36(48)51-38(4,5)6)37(49)52-39(7,8)9)24-42-25(3)28-19-16-20-30(33(28)50-12)43-31(29(17-14-2)35(47)41-11)23-32(40-10)44-34(46)26-21-22-26/h15-20,23-24,26,43H,13-14,21-22H2,1-12H3,(H,41,47)(H,40,44,46)/b18-15+,27-24+,29-17-,31-23+,42-25?. The summed E-state index contributed by atoms with van der Waals surface area (Å²) in [6.07, 6.45) is 9.16. The largest absolute Gasteiger partial charge is 0.494 e. The van der Waals surface area contributed by atoms with E-state index in [0.717, 1.165) is 17.7 Å². The van der Waals surface area contributed by atoms with E-state index in [9.17, 15) is 19.2 Å². The van der Waals surface area contributed by atoms with E-state index in [-0.39, 0.29) is 29.3 Å². The number of carbonyl (C=O) groups excluding carboxylic acids is 4. The van der Waals surface area contributed by atoms with Crippen LogP contribution in [0.3, 0.4) is 0 Å². The maximum Gasteiger partial charge on any atom is 0.424 e. The predicted molar refractivity (Wildman–Crippen MR) is 205 cm³/mol. The molecule has 52 heavy (non-hydrogen) atoms. The summed E-state index contributed by atoms with van der Waals surface area (Å²) in [6.45, 7) is 15.8. The lowest BCUT2D eigenvalue weighted by Crippen LogP contribution is -2.42. The van der Waals surface area contributed by atoms with Crippen LogP contribution in [0.1, 0.15) is 93.6 Å². The average molecular weight is 721 g/mol. The molecule has 1 saturated carbocycles. The zero-order valence-electron chi connectivity index (χ0n) is 32.7. The van der Waals surface area contributed by atoms with Crippen molar-refractivity contribution >= 4 is 41.2 Å². The van der Waals surface area contributed by atoms with Gasteiger partial charge in [-0.1, -0.05) is 32.1 Å². The summed E-state index contributed by atoms with van der Waals surface area (Å²) in [4.78, 5) is 62.2. The molecule has 1 fully saturated rings. The fourth-order valence-electron chi connectivity index (χ4n) is 4.54. The molecule has 1 aliphatic rings. The molecule has 13 nitrogen and oxygen atoms in total. The van der Waals surface area contributed by atoms with E-state index in [1.54, 1.807) is 105 Å². The van der Waals surface area contributed by atoms with E-state index in [1.807, 2.05) is 13.8 Å². The van der Waals surface area contributed by atoms with Gasteiger partial charge in [0.2, 0.25) is 5.91 Å². The quantitative estimate of drug-likeness (QED) is 0.0822. The van der Waals surface area contributed by atoms with Crippen molar-refractivity contribution in [3.8, 4) is 5.75 Å². The van der Waals surface area contributed by atoms with Gasteiger partial charge < -0.3 is 30.2 Å². The monoisotopic (exact) mass is 720 g/mol. The zero-order chi connectivity index (χ0) is 39.2. The molecule has 0 unspecified atom stereocenters. The number of aliphatic imine (C=N–C) groups is 2. The minimum Gasteiger partial charge on any atom is -0.494 e. The molecule has 0 aliphatic heterocycles. The molecule has 0 atom stereocenters. The molecule has 0 aromatic heterocycles. The first kappa shape index (κ1) is 43.0. The second-order valence-electron chi connectivity index (χ2n) is 13.9. The molecule has 4 amide bonds. The van der Waals surface area contributed by atoms with Crippen LogP contribution in [0.2, 0.25) is 0 Å². The molecule has 1 aromatic carbocycles. The highest BCUT2D eigenvalue weighted by Gasteiger charge is 2.33. The molecule has 0 heterocycles. The Morgan fingerprint density at radius 2 is 1.60 bits per heavy atom. The van der Waals surface area contributed by atoms with Crippen molar-refractivity contribution in [2.75, 3.05) is 26.5 Å². The second-order valence-corrected chi connectivity index (χ2v) is 13.9. The lowest BCUT2D eigenvalue weighted by Gasteiger charge is -2.28. The Morgan fingerprint density at radius 3 is 2.08 bits per heavy atom. The third-order valence-electron chi connectivity index (χ3n) is 7.09. The number of allylic oxidation sites excluding steroid dienone is 3. The van der Waals surface area contributed by atoms with E-state index < -0.39 is 23.4 Å². The number of carbonyl (C=O) groups is 4. The molecule has 284 valence electrons. The average Bonchev–Trinajstić information content (AvgIpc) is 3.91. The first-order valence-electron chi connectivity index (χ1n) is 17.4. The summed E-state index contributed by atoms with van der Waals surface area (Å²) >= 11 is 0. The number of rotatable bonds is 13. The zero-order valence-corrected chi connectivity index (χ0v) is 32.7. The van der Waals surface area contributed by atoms with Crippen molar-refractivity contribution in [3.05, 3.63) is 71.2 Å². The lowest BCUT2D eigenvalue weighted by molar-refractivity contribution is -0.121. The summed E-state index contributed by atoms with van der Waals surface area (Å²) in [5.41, 5.74) is 0.615. The number of amides is 4. The maximum atomic E-state index is 13.4. The summed E-state index contributed by atoms with van der Waals surface area (Å²) in [5.74, 6) is 0.180. The number of imide groups is 1. The van der Waals surface area contributed by atoms with Crippen molar-refractivity contribution < 1.29 is 33.4 Å². The minimum absolute atomic E-state index is 0.0439.